The Labute approximate surface area is 83.8 Å². The van der Waals surface area contributed by atoms with Gasteiger partial charge in [0, 0.05) is 0 Å². The van der Waals surface area contributed by atoms with Gasteiger partial charge in [0.25, 0.3) is 0 Å². The van der Waals surface area contributed by atoms with E-state index in [1.165, 1.54) is 0 Å². The van der Waals surface area contributed by atoms with Crippen molar-refractivity contribution in [2.45, 2.75) is 26.1 Å². The minimum Gasteiger partial charge on any atom is -0.457 e. The molecule has 0 aliphatic heterocycles. The Morgan fingerprint density at radius 3 is 2.40 bits per heavy atom. The molecule has 0 saturated carbocycles. The van der Waals surface area contributed by atoms with Gasteiger partial charge in [0.15, 0.2) is 0 Å². The van der Waals surface area contributed by atoms with E-state index >= 15 is 0 Å². The van der Waals surface area contributed by atoms with Crippen LogP contribution < -0.4 is 0 Å². The molecule has 0 unspecified atom stereocenters. The fourth-order valence-corrected chi connectivity index (χ4v) is 0.872. The molecule has 0 spiro atoms. The van der Waals surface area contributed by atoms with Gasteiger partial charge in [-0.05, 0) is 26.0 Å². The molecule has 1 heterocycles. The highest BCUT2D eigenvalue weighted by Crippen LogP contribution is 2.30. The lowest BCUT2D eigenvalue weighted by molar-refractivity contribution is -0.153. The minimum atomic E-state index is -4.59. The van der Waals surface area contributed by atoms with Crippen LogP contribution in [-0.2, 0) is 10.9 Å². The Bertz CT molecular complexity index is 352. The van der Waals surface area contributed by atoms with E-state index in [9.17, 15) is 18.0 Å². The first-order valence-electron chi connectivity index (χ1n) is 4.18. The molecule has 1 rings (SSSR count). The molecule has 84 valence electrons. The summed E-state index contributed by atoms with van der Waals surface area (Å²) in [6.45, 7) is 3.18. The third-order valence-corrected chi connectivity index (χ3v) is 1.43. The van der Waals surface area contributed by atoms with Crippen molar-refractivity contribution >= 4 is 5.97 Å². The predicted molar refractivity (Wildman–Crippen MR) is 44.3 cm³/mol. The molecule has 0 amide bonds. The maximum absolute atomic E-state index is 12.1. The zero-order valence-corrected chi connectivity index (χ0v) is 8.09. The number of esters is 1. The van der Waals surface area contributed by atoms with E-state index in [0.717, 1.165) is 6.07 Å². The molecule has 1 aromatic heterocycles. The molecule has 0 radical (unpaired) electrons. The molecular formula is C9H9F3O3. The summed E-state index contributed by atoms with van der Waals surface area (Å²) in [5, 5.41) is 0. The zero-order chi connectivity index (χ0) is 11.6. The van der Waals surface area contributed by atoms with Gasteiger partial charge in [-0.3, -0.25) is 0 Å². The van der Waals surface area contributed by atoms with Crippen LogP contribution in [0.1, 0.15) is 30.2 Å². The second-order valence-electron chi connectivity index (χ2n) is 3.12. The van der Waals surface area contributed by atoms with Crippen LogP contribution in [0.5, 0.6) is 0 Å². The summed E-state index contributed by atoms with van der Waals surface area (Å²) in [7, 11) is 0. The third-order valence-electron chi connectivity index (χ3n) is 1.43. The highest BCUT2D eigenvalue weighted by molar-refractivity contribution is 5.86. The molecule has 3 nitrogen and oxygen atoms in total. The Morgan fingerprint density at radius 1 is 1.40 bits per heavy atom. The Balaban J connectivity index is 2.81. The van der Waals surface area contributed by atoms with Crippen molar-refractivity contribution in [2.24, 2.45) is 0 Å². The smallest absolute Gasteiger partial charge is 0.449 e. The average Bonchev–Trinajstić information content (AvgIpc) is 2.48. The molecule has 0 atom stereocenters. The lowest BCUT2D eigenvalue weighted by Crippen LogP contribution is -2.11. The predicted octanol–water partition coefficient (Wildman–Crippen LogP) is 2.86. The van der Waals surface area contributed by atoms with Crippen LogP contribution in [0.25, 0.3) is 0 Å². The van der Waals surface area contributed by atoms with Crippen molar-refractivity contribution in [1.82, 2.24) is 0 Å². The van der Waals surface area contributed by atoms with E-state index in [2.05, 4.69) is 9.15 Å². The Kier molecular flexibility index (Phi) is 3.06. The zero-order valence-electron chi connectivity index (χ0n) is 8.09. The van der Waals surface area contributed by atoms with Gasteiger partial charge in [-0.25, -0.2) is 4.79 Å². The van der Waals surface area contributed by atoms with Crippen LogP contribution in [0.2, 0.25) is 0 Å². The fraction of sp³-hybridized carbons (Fsp3) is 0.444. The third kappa shape index (κ3) is 3.00. The van der Waals surface area contributed by atoms with Gasteiger partial charge < -0.3 is 9.15 Å². The van der Waals surface area contributed by atoms with Gasteiger partial charge in [0.05, 0.1) is 6.10 Å². The summed E-state index contributed by atoms with van der Waals surface area (Å²) >= 11 is 0. The molecule has 0 fully saturated rings. The van der Waals surface area contributed by atoms with Crippen molar-refractivity contribution in [2.75, 3.05) is 0 Å². The first-order valence-corrected chi connectivity index (χ1v) is 4.18. The minimum absolute atomic E-state index is 0.406. The van der Waals surface area contributed by atoms with Crippen LogP contribution in [-0.4, -0.2) is 12.1 Å². The van der Waals surface area contributed by atoms with Crippen molar-refractivity contribution in [3.8, 4) is 0 Å². The number of carbonyl (C=O) groups excluding carboxylic acids is 1. The molecule has 0 aliphatic rings. The topological polar surface area (TPSA) is 39.4 Å². The molecule has 0 bridgehead atoms. The summed E-state index contributed by atoms with van der Waals surface area (Å²) in [5.74, 6) is -2.56. The summed E-state index contributed by atoms with van der Waals surface area (Å²) in [6.07, 6.45) is -4.99. The van der Waals surface area contributed by atoms with E-state index in [4.69, 9.17) is 0 Å². The molecule has 6 heteroatoms. The quantitative estimate of drug-likeness (QED) is 0.722. The number of furan rings is 1. The molecule has 0 aromatic carbocycles. The number of hydrogen-bond donors (Lipinski definition) is 0. The summed E-state index contributed by atoms with van der Waals surface area (Å²) < 4.78 is 45.2. The second-order valence-corrected chi connectivity index (χ2v) is 3.12. The first-order chi connectivity index (χ1) is 6.80. The maximum Gasteiger partial charge on any atom is 0.449 e. The molecular weight excluding hydrogens is 213 g/mol. The fourth-order valence-electron chi connectivity index (χ4n) is 0.872. The Hall–Kier alpha value is -1.46. The monoisotopic (exact) mass is 222 g/mol. The van der Waals surface area contributed by atoms with Crippen molar-refractivity contribution in [3.63, 3.8) is 0 Å². The van der Waals surface area contributed by atoms with Crippen LogP contribution in [0, 0.1) is 0 Å². The largest absolute Gasteiger partial charge is 0.457 e. The lowest BCUT2D eigenvalue weighted by Gasteiger charge is -2.05. The van der Waals surface area contributed by atoms with Crippen molar-refractivity contribution in [1.29, 1.82) is 0 Å². The van der Waals surface area contributed by atoms with Crippen LogP contribution in [0.3, 0.4) is 0 Å². The standard InChI is InChI=1S/C9H9F3O3/c1-5(2)14-8(13)6-3-4-7(15-6)9(10,11)12/h3-5H,1-2H3. The van der Waals surface area contributed by atoms with Gasteiger partial charge in [-0.2, -0.15) is 13.2 Å². The number of halogens is 3. The van der Waals surface area contributed by atoms with Crippen molar-refractivity contribution in [3.05, 3.63) is 23.7 Å². The number of carbonyl (C=O) groups is 1. The summed E-state index contributed by atoms with van der Waals surface area (Å²) in [6, 6.07) is 1.63. The van der Waals surface area contributed by atoms with Gasteiger partial charge in [0.1, 0.15) is 0 Å². The van der Waals surface area contributed by atoms with Gasteiger partial charge >= 0.3 is 12.1 Å². The molecule has 0 saturated heterocycles. The number of alkyl halides is 3. The van der Waals surface area contributed by atoms with E-state index in [1.807, 2.05) is 0 Å². The van der Waals surface area contributed by atoms with Gasteiger partial charge in [-0.15, -0.1) is 0 Å². The van der Waals surface area contributed by atoms with Crippen LogP contribution in [0.4, 0.5) is 13.2 Å². The van der Waals surface area contributed by atoms with Crippen LogP contribution in [0.15, 0.2) is 16.5 Å². The Morgan fingerprint density at radius 2 is 2.00 bits per heavy atom. The van der Waals surface area contributed by atoms with E-state index < -0.39 is 29.8 Å². The number of rotatable bonds is 2. The lowest BCUT2D eigenvalue weighted by atomic mass is 10.4. The SMILES string of the molecule is CC(C)OC(=O)c1ccc(C(F)(F)F)o1. The van der Waals surface area contributed by atoms with E-state index in [0.29, 0.717) is 6.07 Å². The molecule has 15 heavy (non-hydrogen) atoms. The molecule has 1 aromatic rings. The summed E-state index contributed by atoms with van der Waals surface area (Å²) in [5.41, 5.74) is 0. The summed E-state index contributed by atoms with van der Waals surface area (Å²) in [4.78, 5) is 11.1. The molecule has 0 aliphatic carbocycles. The average molecular weight is 222 g/mol. The first kappa shape index (κ1) is 11.6. The molecule has 0 N–H and O–H groups in total. The van der Waals surface area contributed by atoms with Crippen molar-refractivity contribution < 1.29 is 27.1 Å². The van der Waals surface area contributed by atoms with Crippen LogP contribution >= 0.6 is 0 Å². The highest BCUT2D eigenvalue weighted by atomic mass is 19.4. The van der Waals surface area contributed by atoms with Gasteiger partial charge in [0.2, 0.25) is 11.5 Å². The number of ether oxygens (including phenoxy) is 1. The van der Waals surface area contributed by atoms with E-state index in [1.54, 1.807) is 13.8 Å². The van der Waals surface area contributed by atoms with E-state index in [-0.39, 0.29) is 0 Å². The maximum atomic E-state index is 12.1. The number of hydrogen-bond acceptors (Lipinski definition) is 3. The van der Waals surface area contributed by atoms with Gasteiger partial charge in [-0.1, -0.05) is 0 Å². The second kappa shape index (κ2) is 3.96. The normalized spacial score (nSPS) is 11.9. The highest BCUT2D eigenvalue weighted by Gasteiger charge is 2.35.